The van der Waals surface area contributed by atoms with Gasteiger partial charge in [-0.05, 0) is 72.7 Å². The number of benzene rings is 1. The average molecular weight is 243 g/mol. The molecule has 2 fully saturated rings. The van der Waals surface area contributed by atoms with Gasteiger partial charge >= 0.3 is 0 Å². The molecule has 1 saturated heterocycles. The molecule has 2 aliphatic carbocycles. The fourth-order valence-corrected chi connectivity index (χ4v) is 4.84. The van der Waals surface area contributed by atoms with Crippen LogP contribution < -0.4 is 10.1 Å². The molecule has 3 atom stereocenters. The lowest BCUT2D eigenvalue weighted by Crippen LogP contribution is -2.35. The zero-order valence-corrected chi connectivity index (χ0v) is 11.0. The smallest absolute Gasteiger partial charge is 0.119 e. The highest BCUT2D eigenvalue weighted by Gasteiger charge is 2.54. The number of nitrogens with one attached hydrogen (secondary N) is 1. The quantitative estimate of drug-likeness (QED) is 0.819. The van der Waals surface area contributed by atoms with Gasteiger partial charge in [-0.2, -0.15) is 0 Å². The molecule has 1 heterocycles. The van der Waals surface area contributed by atoms with Crippen LogP contribution in [0.5, 0.6) is 5.75 Å². The molecule has 4 rings (SSSR count). The van der Waals surface area contributed by atoms with Crippen molar-refractivity contribution in [2.75, 3.05) is 20.2 Å². The highest BCUT2D eigenvalue weighted by molar-refractivity contribution is 5.42. The zero-order chi connectivity index (χ0) is 12.2. The Morgan fingerprint density at radius 3 is 3.17 bits per heavy atom. The summed E-state index contributed by atoms with van der Waals surface area (Å²) in [7, 11) is 1.76. The summed E-state index contributed by atoms with van der Waals surface area (Å²) >= 11 is 0. The van der Waals surface area contributed by atoms with E-state index >= 15 is 0 Å². The van der Waals surface area contributed by atoms with E-state index in [-0.39, 0.29) is 0 Å². The first-order valence-corrected chi connectivity index (χ1v) is 7.21. The van der Waals surface area contributed by atoms with Gasteiger partial charge in [-0.3, -0.25) is 0 Å². The molecule has 0 radical (unpaired) electrons. The van der Waals surface area contributed by atoms with Gasteiger partial charge in [0.25, 0.3) is 0 Å². The normalized spacial score (nSPS) is 36.9. The first kappa shape index (κ1) is 10.9. The Labute approximate surface area is 109 Å². The molecular formula is C16H21NO. The highest BCUT2D eigenvalue weighted by atomic mass is 16.5. The minimum Gasteiger partial charge on any atom is -0.497 e. The Balaban J connectivity index is 1.78. The molecule has 1 aliphatic heterocycles. The van der Waals surface area contributed by atoms with Crippen molar-refractivity contribution in [3.8, 4) is 5.75 Å². The predicted molar refractivity (Wildman–Crippen MR) is 72.1 cm³/mol. The van der Waals surface area contributed by atoms with Gasteiger partial charge in [0.2, 0.25) is 0 Å². The summed E-state index contributed by atoms with van der Waals surface area (Å²) < 4.78 is 5.36. The summed E-state index contributed by atoms with van der Waals surface area (Å²) in [5, 5.41) is 3.64. The maximum atomic E-state index is 5.36. The fraction of sp³-hybridized carbons (Fsp3) is 0.625. The van der Waals surface area contributed by atoms with E-state index in [0.717, 1.165) is 17.6 Å². The first-order valence-electron chi connectivity index (χ1n) is 7.21. The number of aryl methyl sites for hydroxylation is 1. The van der Waals surface area contributed by atoms with Gasteiger partial charge in [0.05, 0.1) is 7.11 Å². The van der Waals surface area contributed by atoms with Crippen LogP contribution in [-0.4, -0.2) is 20.2 Å². The largest absolute Gasteiger partial charge is 0.497 e. The molecule has 1 saturated carbocycles. The monoisotopic (exact) mass is 243 g/mol. The SMILES string of the molecule is COc1ccc2c(c1)CCC13CNCC1CCC23. The van der Waals surface area contributed by atoms with Gasteiger partial charge < -0.3 is 10.1 Å². The van der Waals surface area contributed by atoms with E-state index in [4.69, 9.17) is 4.74 Å². The van der Waals surface area contributed by atoms with Gasteiger partial charge in [-0.1, -0.05) is 6.07 Å². The number of hydrogen-bond acceptors (Lipinski definition) is 2. The van der Waals surface area contributed by atoms with Crippen LogP contribution in [0.1, 0.15) is 36.3 Å². The summed E-state index contributed by atoms with van der Waals surface area (Å²) in [5.74, 6) is 2.74. The third kappa shape index (κ3) is 1.27. The van der Waals surface area contributed by atoms with Crippen LogP contribution in [0.4, 0.5) is 0 Å². The second kappa shape index (κ2) is 3.74. The number of hydrogen-bond donors (Lipinski definition) is 1. The standard InChI is InChI=1S/C16H21NO/c1-18-13-3-4-14-11(8-13)6-7-16-10-17-9-12(16)2-5-15(14)16/h3-4,8,12,15,17H,2,5-7,9-10H2,1H3. The van der Waals surface area contributed by atoms with Crippen molar-refractivity contribution < 1.29 is 4.74 Å². The van der Waals surface area contributed by atoms with Crippen LogP contribution in [0, 0.1) is 11.3 Å². The van der Waals surface area contributed by atoms with E-state index in [9.17, 15) is 0 Å². The Morgan fingerprint density at radius 1 is 1.33 bits per heavy atom. The molecular weight excluding hydrogens is 222 g/mol. The molecule has 1 spiro atoms. The van der Waals surface area contributed by atoms with Crippen LogP contribution >= 0.6 is 0 Å². The molecule has 96 valence electrons. The van der Waals surface area contributed by atoms with Crippen molar-refractivity contribution in [2.24, 2.45) is 11.3 Å². The lowest BCUT2D eigenvalue weighted by molar-refractivity contribution is 0.202. The number of methoxy groups -OCH3 is 1. The number of fused-ring (bicyclic) bond motifs is 2. The molecule has 0 bridgehead atoms. The van der Waals surface area contributed by atoms with Crippen molar-refractivity contribution in [2.45, 2.75) is 31.6 Å². The maximum Gasteiger partial charge on any atom is 0.119 e. The van der Waals surface area contributed by atoms with Crippen LogP contribution in [-0.2, 0) is 6.42 Å². The van der Waals surface area contributed by atoms with Gasteiger partial charge in [-0.25, -0.2) is 0 Å². The summed E-state index contributed by atoms with van der Waals surface area (Å²) in [5.41, 5.74) is 3.74. The molecule has 2 nitrogen and oxygen atoms in total. The third-order valence-corrected chi connectivity index (χ3v) is 5.74. The molecule has 3 unspecified atom stereocenters. The van der Waals surface area contributed by atoms with Crippen molar-refractivity contribution in [1.29, 1.82) is 0 Å². The summed E-state index contributed by atoms with van der Waals surface area (Å²) in [4.78, 5) is 0. The van der Waals surface area contributed by atoms with Crippen molar-refractivity contribution in [3.05, 3.63) is 29.3 Å². The van der Waals surface area contributed by atoms with Crippen molar-refractivity contribution in [3.63, 3.8) is 0 Å². The molecule has 18 heavy (non-hydrogen) atoms. The summed E-state index contributed by atoms with van der Waals surface area (Å²) in [6, 6.07) is 6.74. The zero-order valence-electron chi connectivity index (χ0n) is 11.0. The van der Waals surface area contributed by atoms with E-state index < -0.39 is 0 Å². The Bertz CT molecular complexity index is 484. The minimum atomic E-state index is 0.585. The third-order valence-electron chi connectivity index (χ3n) is 5.74. The molecule has 1 aromatic rings. The topological polar surface area (TPSA) is 21.3 Å². The summed E-state index contributed by atoms with van der Waals surface area (Å²) in [6.07, 6.45) is 5.42. The van der Waals surface area contributed by atoms with Crippen LogP contribution in [0.15, 0.2) is 18.2 Å². The second-order valence-electron chi connectivity index (χ2n) is 6.26. The lowest BCUT2D eigenvalue weighted by atomic mass is 9.63. The molecule has 0 amide bonds. The first-order chi connectivity index (χ1) is 8.83. The molecule has 2 heteroatoms. The molecule has 1 aromatic carbocycles. The van der Waals surface area contributed by atoms with E-state index in [1.807, 2.05) is 0 Å². The van der Waals surface area contributed by atoms with Gasteiger partial charge in [0.1, 0.15) is 5.75 Å². The van der Waals surface area contributed by atoms with E-state index in [1.165, 1.54) is 44.3 Å². The van der Waals surface area contributed by atoms with E-state index in [0.29, 0.717) is 5.41 Å². The van der Waals surface area contributed by atoms with Gasteiger partial charge in [0, 0.05) is 6.54 Å². The Morgan fingerprint density at radius 2 is 2.28 bits per heavy atom. The van der Waals surface area contributed by atoms with Crippen LogP contribution in [0.3, 0.4) is 0 Å². The molecule has 3 aliphatic rings. The fourth-order valence-electron chi connectivity index (χ4n) is 4.84. The van der Waals surface area contributed by atoms with Crippen LogP contribution in [0.25, 0.3) is 0 Å². The Hall–Kier alpha value is -1.02. The molecule has 1 N–H and O–H groups in total. The van der Waals surface area contributed by atoms with E-state index in [1.54, 1.807) is 12.7 Å². The highest BCUT2D eigenvalue weighted by Crippen LogP contribution is 2.60. The maximum absolute atomic E-state index is 5.36. The lowest BCUT2D eigenvalue weighted by Gasteiger charge is -2.40. The van der Waals surface area contributed by atoms with Gasteiger partial charge in [-0.15, -0.1) is 0 Å². The van der Waals surface area contributed by atoms with Crippen molar-refractivity contribution >= 4 is 0 Å². The number of rotatable bonds is 1. The van der Waals surface area contributed by atoms with Crippen LogP contribution in [0.2, 0.25) is 0 Å². The Kier molecular flexibility index (Phi) is 2.25. The number of ether oxygens (including phenoxy) is 1. The summed E-state index contributed by atoms with van der Waals surface area (Å²) in [6.45, 7) is 2.50. The van der Waals surface area contributed by atoms with Gasteiger partial charge in [0.15, 0.2) is 0 Å². The average Bonchev–Trinajstić information content (AvgIpc) is 2.95. The predicted octanol–water partition coefficient (Wildman–Crippen LogP) is 2.72. The van der Waals surface area contributed by atoms with E-state index in [2.05, 4.69) is 23.5 Å². The second-order valence-corrected chi connectivity index (χ2v) is 6.26. The minimum absolute atomic E-state index is 0.585. The van der Waals surface area contributed by atoms with Crippen molar-refractivity contribution in [1.82, 2.24) is 5.32 Å². The molecule has 0 aromatic heterocycles.